The van der Waals surface area contributed by atoms with Gasteiger partial charge in [0.1, 0.15) is 11.5 Å². The second-order valence-electron chi connectivity index (χ2n) is 6.67. The van der Waals surface area contributed by atoms with Crippen LogP contribution in [0.4, 0.5) is 0 Å². The minimum absolute atomic E-state index is 0.249. The zero-order chi connectivity index (χ0) is 23.6. The molecule has 3 aromatic rings. The van der Waals surface area contributed by atoms with Gasteiger partial charge in [0, 0.05) is 10.6 Å². The summed E-state index contributed by atoms with van der Waals surface area (Å²) >= 11 is 5.82. The molecule has 168 valence electrons. The lowest BCUT2D eigenvalue weighted by molar-refractivity contribution is -0.120. The number of hydrogen-bond donors (Lipinski definition) is 2. The molecular formula is C24H20ClN3O5. The highest BCUT2D eigenvalue weighted by molar-refractivity contribution is 6.30. The van der Waals surface area contributed by atoms with Gasteiger partial charge in [-0.3, -0.25) is 9.59 Å². The summed E-state index contributed by atoms with van der Waals surface area (Å²) in [6.07, 6.45) is 1.39. The molecule has 0 spiro atoms. The van der Waals surface area contributed by atoms with Crippen molar-refractivity contribution in [2.75, 3.05) is 13.7 Å². The largest absolute Gasteiger partial charge is 0.497 e. The van der Waals surface area contributed by atoms with Crippen LogP contribution in [0, 0.1) is 0 Å². The van der Waals surface area contributed by atoms with Crippen LogP contribution in [0.1, 0.15) is 26.3 Å². The molecule has 0 aromatic heterocycles. The van der Waals surface area contributed by atoms with E-state index in [2.05, 4.69) is 15.8 Å². The Kier molecular flexibility index (Phi) is 8.15. The smallest absolute Gasteiger partial charge is 0.343 e. The maximum Gasteiger partial charge on any atom is 0.343 e. The van der Waals surface area contributed by atoms with Crippen LogP contribution in [0.25, 0.3) is 0 Å². The summed E-state index contributed by atoms with van der Waals surface area (Å²) in [4.78, 5) is 36.2. The Balaban J connectivity index is 1.48. The van der Waals surface area contributed by atoms with Gasteiger partial charge in [-0.1, -0.05) is 23.7 Å². The number of benzene rings is 3. The van der Waals surface area contributed by atoms with E-state index in [9.17, 15) is 14.4 Å². The van der Waals surface area contributed by atoms with Gasteiger partial charge in [0.15, 0.2) is 0 Å². The average molecular weight is 466 g/mol. The van der Waals surface area contributed by atoms with Crippen LogP contribution < -0.4 is 20.2 Å². The zero-order valence-corrected chi connectivity index (χ0v) is 18.3. The van der Waals surface area contributed by atoms with Gasteiger partial charge in [-0.05, 0) is 66.2 Å². The molecule has 0 saturated heterocycles. The van der Waals surface area contributed by atoms with Crippen molar-refractivity contribution in [3.8, 4) is 11.5 Å². The third kappa shape index (κ3) is 7.19. The van der Waals surface area contributed by atoms with Crippen molar-refractivity contribution in [3.63, 3.8) is 0 Å². The monoisotopic (exact) mass is 465 g/mol. The number of amides is 2. The first-order valence-electron chi connectivity index (χ1n) is 9.76. The quantitative estimate of drug-likeness (QED) is 0.229. The number of methoxy groups -OCH3 is 1. The fourth-order valence-corrected chi connectivity index (χ4v) is 2.76. The number of nitrogens with zero attached hydrogens (tertiary/aromatic N) is 1. The lowest BCUT2D eigenvalue weighted by Crippen LogP contribution is -2.34. The lowest BCUT2D eigenvalue weighted by atomic mass is 10.2. The summed E-state index contributed by atoms with van der Waals surface area (Å²) in [5, 5.41) is 6.88. The molecule has 2 amide bonds. The van der Waals surface area contributed by atoms with Crippen molar-refractivity contribution in [3.05, 3.63) is 94.5 Å². The highest BCUT2D eigenvalue weighted by Crippen LogP contribution is 2.16. The highest BCUT2D eigenvalue weighted by Gasteiger charge is 2.09. The van der Waals surface area contributed by atoms with Gasteiger partial charge in [-0.2, -0.15) is 5.10 Å². The third-order valence-electron chi connectivity index (χ3n) is 4.31. The van der Waals surface area contributed by atoms with Crippen LogP contribution in [0.3, 0.4) is 0 Å². The number of carbonyl (C=O) groups is 3. The average Bonchev–Trinajstić information content (AvgIpc) is 2.83. The van der Waals surface area contributed by atoms with Crippen molar-refractivity contribution >= 4 is 35.6 Å². The third-order valence-corrected chi connectivity index (χ3v) is 4.57. The van der Waals surface area contributed by atoms with Gasteiger partial charge in [0.25, 0.3) is 11.8 Å². The van der Waals surface area contributed by atoms with E-state index in [-0.39, 0.29) is 6.54 Å². The summed E-state index contributed by atoms with van der Waals surface area (Å²) in [5.74, 6) is -0.480. The van der Waals surface area contributed by atoms with Crippen molar-refractivity contribution in [2.24, 2.45) is 5.10 Å². The molecule has 0 aliphatic carbocycles. The first-order chi connectivity index (χ1) is 15.9. The van der Waals surface area contributed by atoms with Crippen molar-refractivity contribution in [1.29, 1.82) is 0 Å². The fourth-order valence-electron chi connectivity index (χ4n) is 2.63. The van der Waals surface area contributed by atoms with Gasteiger partial charge in [0.2, 0.25) is 0 Å². The fraction of sp³-hybridized carbons (Fsp3) is 0.0833. The van der Waals surface area contributed by atoms with Crippen LogP contribution in [0.2, 0.25) is 5.02 Å². The summed E-state index contributed by atoms with van der Waals surface area (Å²) in [7, 11) is 1.53. The normalized spacial score (nSPS) is 10.5. The summed E-state index contributed by atoms with van der Waals surface area (Å²) < 4.78 is 10.4. The Morgan fingerprint density at radius 2 is 1.64 bits per heavy atom. The Bertz CT molecular complexity index is 1160. The number of rotatable bonds is 8. The van der Waals surface area contributed by atoms with Gasteiger partial charge in [0.05, 0.1) is 25.4 Å². The molecule has 8 nitrogen and oxygen atoms in total. The first-order valence-corrected chi connectivity index (χ1v) is 10.1. The van der Waals surface area contributed by atoms with Crippen LogP contribution in [-0.2, 0) is 4.79 Å². The van der Waals surface area contributed by atoms with E-state index in [0.29, 0.717) is 33.2 Å². The molecule has 9 heteroatoms. The van der Waals surface area contributed by atoms with Gasteiger partial charge in [-0.15, -0.1) is 0 Å². The summed E-state index contributed by atoms with van der Waals surface area (Å²) in [6.45, 7) is -0.249. The van der Waals surface area contributed by atoms with Crippen LogP contribution in [-0.4, -0.2) is 37.7 Å². The van der Waals surface area contributed by atoms with Crippen LogP contribution in [0.15, 0.2) is 77.9 Å². The number of hydrogen-bond acceptors (Lipinski definition) is 6. The maximum absolute atomic E-state index is 12.2. The SMILES string of the molecule is COc1ccc(C(=O)NCC(=O)N/N=C\c2cccc(OC(=O)c3ccc(Cl)cc3)c2)cc1. The zero-order valence-electron chi connectivity index (χ0n) is 17.6. The standard InChI is InChI=1S/C24H20ClN3O5/c1-32-20-11-7-17(8-12-20)23(30)26-15-22(29)28-27-14-16-3-2-4-21(13-16)33-24(31)18-5-9-19(25)10-6-18/h2-14H,15H2,1H3,(H,26,30)(H,28,29)/b27-14-. The van der Waals surface area contributed by atoms with Crippen molar-refractivity contribution < 1.29 is 23.9 Å². The minimum atomic E-state index is -0.526. The number of carbonyl (C=O) groups excluding carboxylic acids is 3. The second kappa shape index (κ2) is 11.4. The molecule has 33 heavy (non-hydrogen) atoms. The Morgan fingerprint density at radius 1 is 0.939 bits per heavy atom. The number of esters is 1. The lowest BCUT2D eigenvalue weighted by Gasteiger charge is -2.06. The Morgan fingerprint density at radius 3 is 2.33 bits per heavy atom. The molecule has 0 bridgehead atoms. The molecule has 3 aromatic carbocycles. The van der Waals surface area contributed by atoms with E-state index < -0.39 is 17.8 Å². The molecule has 3 rings (SSSR count). The van der Waals surface area contributed by atoms with Gasteiger partial charge < -0.3 is 14.8 Å². The molecule has 0 aliphatic rings. The van der Waals surface area contributed by atoms with Gasteiger partial charge >= 0.3 is 5.97 Å². The molecule has 0 heterocycles. The molecule has 0 saturated carbocycles. The highest BCUT2D eigenvalue weighted by atomic mass is 35.5. The number of nitrogens with one attached hydrogen (secondary N) is 2. The first kappa shape index (κ1) is 23.5. The van der Waals surface area contributed by atoms with Crippen LogP contribution in [0.5, 0.6) is 11.5 Å². The molecule has 0 atom stereocenters. The van der Waals surface area contributed by atoms with E-state index >= 15 is 0 Å². The molecule has 0 radical (unpaired) electrons. The van der Waals surface area contributed by atoms with E-state index in [1.165, 1.54) is 13.3 Å². The molecular weight excluding hydrogens is 446 g/mol. The summed E-state index contributed by atoms with van der Waals surface area (Å²) in [6, 6.07) is 19.5. The number of ether oxygens (including phenoxy) is 2. The molecule has 0 aliphatic heterocycles. The number of hydrazone groups is 1. The topological polar surface area (TPSA) is 106 Å². The van der Waals surface area contributed by atoms with Gasteiger partial charge in [-0.25, -0.2) is 10.2 Å². The van der Waals surface area contributed by atoms with Crippen molar-refractivity contribution in [1.82, 2.24) is 10.7 Å². The van der Waals surface area contributed by atoms with Crippen LogP contribution >= 0.6 is 11.6 Å². The molecule has 0 unspecified atom stereocenters. The summed E-state index contributed by atoms with van der Waals surface area (Å²) in [5.41, 5.74) is 3.68. The molecule has 0 fully saturated rings. The minimum Gasteiger partial charge on any atom is -0.497 e. The number of halogens is 1. The predicted molar refractivity (Wildman–Crippen MR) is 124 cm³/mol. The second-order valence-corrected chi connectivity index (χ2v) is 7.11. The van der Waals surface area contributed by atoms with E-state index in [1.54, 1.807) is 72.8 Å². The van der Waals surface area contributed by atoms with E-state index in [4.69, 9.17) is 21.1 Å². The molecule has 2 N–H and O–H groups in total. The Labute approximate surface area is 195 Å². The van der Waals surface area contributed by atoms with E-state index in [1.807, 2.05) is 0 Å². The maximum atomic E-state index is 12.2. The predicted octanol–water partition coefficient (Wildman–Crippen LogP) is 3.45. The van der Waals surface area contributed by atoms with E-state index in [0.717, 1.165) is 0 Å². The Hall–Kier alpha value is -4.17. The van der Waals surface area contributed by atoms with Crippen molar-refractivity contribution in [2.45, 2.75) is 0 Å².